The second kappa shape index (κ2) is 9.60. The molecule has 1 aliphatic rings. The zero-order chi connectivity index (χ0) is 19.1. The van der Waals surface area contributed by atoms with Gasteiger partial charge in [0.1, 0.15) is 0 Å². The smallest absolute Gasteiger partial charge is 0.312 e. The highest BCUT2D eigenvalue weighted by Gasteiger charge is 2.42. The zero-order valence-electron chi connectivity index (χ0n) is 16.7. The molecule has 3 unspecified atom stereocenters. The van der Waals surface area contributed by atoms with Gasteiger partial charge in [-0.2, -0.15) is 0 Å². The SMILES string of the molecule is CCN1C(=NCC(C)C)NC(CCc2ccccc2)C(C(=O)OC)C1C. The molecule has 1 N–H and O–H groups in total. The van der Waals surface area contributed by atoms with Crippen LogP contribution in [-0.2, 0) is 16.0 Å². The van der Waals surface area contributed by atoms with Crippen LogP contribution in [0.3, 0.4) is 0 Å². The highest BCUT2D eigenvalue weighted by atomic mass is 16.5. The quantitative estimate of drug-likeness (QED) is 0.760. The Morgan fingerprint density at radius 2 is 2.00 bits per heavy atom. The van der Waals surface area contributed by atoms with Gasteiger partial charge in [0.05, 0.1) is 13.0 Å². The summed E-state index contributed by atoms with van der Waals surface area (Å²) in [4.78, 5) is 19.5. The summed E-state index contributed by atoms with van der Waals surface area (Å²) in [6.45, 7) is 10.1. The Kier molecular flexibility index (Phi) is 7.49. The Balaban J connectivity index is 2.22. The second-order valence-electron chi connectivity index (χ2n) is 7.41. The van der Waals surface area contributed by atoms with E-state index in [9.17, 15) is 4.79 Å². The Morgan fingerprint density at radius 1 is 1.31 bits per heavy atom. The summed E-state index contributed by atoms with van der Waals surface area (Å²) in [6, 6.07) is 10.5. The standard InChI is InChI=1S/C21H33N3O2/c1-6-24-16(4)19(20(25)26-5)18(23-21(24)22-14-15(2)3)13-12-17-10-8-7-9-11-17/h7-11,15-16,18-19H,6,12-14H2,1-5H3,(H,22,23). The third kappa shape index (κ3) is 4.99. The third-order valence-electron chi connectivity index (χ3n) is 5.04. The lowest BCUT2D eigenvalue weighted by molar-refractivity contribution is -0.149. The molecule has 1 heterocycles. The summed E-state index contributed by atoms with van der Waals surface area (Å²) in [7, 11) is 1.47. The molecular formula is C21H33N3O2. The predicted molar refractivity (Wildman–Crippen MR) is 106 cm³/mol. The first-order valence-electron chi connectivity index (χ1n) is 9.67. The molecule has 0 aliphatic carbocycles. The van der Waals surface area contributed by atoms with E-state index in [1.807, 2.05) is 6.07 Å². The van der Waals surface area contributed by atoms with Crippen LogP contribution in [0.5, 0.6) is 0 Å². The van der Waals surface area contributed by atoms with Gasteiger partial charge in [-0.1, -0.05) is 44.2 Å². The summed E-state index contributed by atoms with van der Waals surface area (Å²) < 4.78 is 5.12. The maximum absolute atomic E-state index is 12.5. The molecular weight excluding hydrogens is 326 g/mol. The number of hydrogen-bond acceptors (Lipinski definition) is 3. The number of esters is 1. The molecule has 26 heavy (non-hydrogen) atoms. The van der Waals surface area contributed by atoms with Crippen LogP contribution >= 0.6 is 0 Å². The molecule has 0 saturated carbocycles. The first-order chi connectivity index (χ1) is 12.5. The molecule has 0 radical (unpaired) electrons. The number of hydrogen-bond donors (Lipinski definition) is 1. The van der Waals surface area contributed by atoms with E-state index in [0.29, 0.717) is 5.92 Å². The molecule has 1 aromatic carbocycles. The van der Waals surface area contributed by atoms with Crippen LogP contribution in [0.4, 0.5) is 0 Å². The van der Waals surface area contributed by atoms with Crippen LogP contribution in [0.25, 0.3) is 0 Å². The van der Waals surface area contributed by atoms with Gasteiger partial charge in [0.15, 0.2) is 5.96 Å². The van der Waals surface area contributed by atoms with Crippen LogP contribution in [-0.4, -0.2) is 49.1 Å². The molecule has 0 aromatic heterocycles. The number of aryl methyl sites for hydroxylation is 1. The second-order valence-corrected chi connectivity index (χ2v) is 7.41. The third-order valence-corrected chi connectivity index (χ3v) is 5.04. The fourth-order valence-corrected chi connectivity index (χ4v) is 3.62. The average molecular weight is 360 g/mol. The number of guanidine groups is 1. The predicted octanol–water partition coefficient (Wildman–Crippen LogP) is 3.10. The van der Waals surface area contributed by atoms with Crippen molar-refractivity contribution in [2.45, 2.75) is 52.6 Å². The van der Waals surface area contributed by atoms with Crippen LogP contribution in [0.1, 0.15) is 39.7 Å². The fourth-order valence-electron chi connectivity index (χ4n) is 3.62. The van der Waals surface area contributed by atoms with Crippen LogP contribution < -0.4 is 5.32 Å². The number of carbonyl (C=O) groups excluding carboxylic acids is 1. The van der Waals surface area contributed by atoms with Crippen molar-refractivity contribution < 1.29 is 9.53 Å². The number of methoxy groups -OCH3 is 1. The molecule has 0 spiro atoms. The summed E-state index contributed by atoms with van der Waals surface area (Å²) in [5, 5.41) is 3.55. The molecule has 5 nitrogen and oxygen atoms in total. The minimum Gasteiger partial charge on any atom is -0.469 e. The van der Waals surface area contributed by atoms with E-state index in [0.717, 1.165) is 31.9 Å². The molecule has 144 valence electrons. The summed E-state index contributed by atoms with van der Waals surface area (Å²) in [5.74, 6) is 1.05. The highest BCUT2D eigenvalue weighted by Crippen LogP contribution is 2.25. The minimum absolute atomic E-state index is 0.0198. The van der Waals surface area contributed by atoms with E-state index in [1.54, 1.807) is 0 Å². The lowest BCUT2D eigenvalue weighted by atomic mass is 9.85. The largest absolute Gasteiger partial charge is 0.469 e. The van der Waals surface area contributed by atoms with Gasteiger partial charge >= 0.3 is 5.97 Å². The van der Waals surface area contributed by atoms with E-state index >= 15 is 0 Å². The van der Waals surface area contributed by atoms with E-state index in [2.05, 4.69) is 62.2 Å². The monoisotopic (exact) mass is 359 g/mol. The van der Waals surface area contributed by atoms with Gasteiger partial charge in [-0.3, -0.25) is 9.79 Å². The fraction of sp³-hybridized carbons (Fsp3) is 0.619. The number of benzene rings is 1. The molecule has 1 aromatic rings. The number of nitrogens with one attached hydrogen (secondary N) is 1. The van der Waals surface area contributed by atoms with Gasteiger partial charge in [-0.25, -0.2) is 0 Å². The van der Waals surface area contributed by atoms with Gasteiger partial charge in [0.25, 0.3) is 0 Å². The van der Waals surface area contributed by atoms with Crippen molar-refractivity contribution in [3.63, 3.8) is 0 Å². The molecule has 2 rings (SSSR count). The first-order valence-corrected chi connectivity index (χ1v) is 9.67. The molecule has 0 bridgehead atoms. The Morgan fingerprint density at radius 3 is 2.58 bits per heavy atom. The lowest BCUT2D eigenvalue weighted by Crippen LogP contribution is -2.63. The number of rotatable bonds is 7. The minimum atomic E-state index is -0.207. The Labute approximate surface area is 157 Å². The number of carbonyl (C=O) groups is 1. The van der Waals surface area contributed by atoms with Gasteiger partial charge in [-0.05, 0) is 38.2 Å². The molecule has 0 amide bonds. The summed E-state index contributed by atoms with van der Waals surface area (Å²) >= 11 is 0. The number of nitrogens with zero attached hydrogens (tertiary/aromatic N) is 2. The number of ether oxygens (including phenoxy) is 1. The normalized spacial score (nSPS) is 24.6. The number of aliphatic imine (C=N–C) groups is 1. The lowest BCUT2D eigenvalue weighted by Gasteiger charge is -2.45. The van der Waals surface area contributed by atoms with Crippen molar-refractivity contribution >= 4 is 11.9 Å². The molecule has 1 fully saturated rings. The van der Waals surface area contributed by atoms with Crippen molar-refractivity contribution in [2.24, 2.45) is 16.8 Å². The zero-order valence-corrected chi connectivity index (χ0v) is 16.7. The summed E-state index contributed by atoms with van der Waals surface area (Å²) in [5.41, 5.74) is 1.28. The van der Waals surface area contributed by atoms with Gasteiger partial charge in [-0.15, -0.1) is 0 Å². The summed E-state index contributed by atoms with van der Waals surface area (Å²) in [6.07, 6.45) is 1.79. The van der Waals surface area contributed by atoms with E-state index < -0.39 is 0 Å². The van der Waals surface area contributed by atoms with Crippen molar-refractivity contribution in [2.75, 3.05) is 20.2 Å². The van der Waals surface area contributed by atoms with E-state index in [-0.39, 0.29) is 24.0 Å². The highest BCUT2D eigenvalue weighted by molar-refractivity contribution is 5.85. The Bertz CT molecular complexity index is 601. The maximum Gasteiger partial charge on any atom is 0.312 e. The van der Waals surface area contributed by atoms with E-state index in [1.165, 1.54) is 12.7 Å². The molecule has 1 aliphatic heterocycles. The van der Waals surface area contributed by atoms with Crippen molar-refractivity contribution in [3.05, 3.63) is 35.9 Å². The molecule has 3 atom stereocenters. The molecule has 5 heteroatoms. The van der Waals surface area contributed by atoms with Crippen molar-refractivity contribution in [3.8, 4) is 0 Å². The molecule has 1 saturated heterocycles. The van der Waals surface area contributed by atoms with Crippen molar-refractivity contribution in [1.82, 2.24) is 10.2 Å². The van der Waals surface area contributed by atoms with Crippen LogP contribution in [0, 0.1) is 11.8 Å². The van der Waals surface area contributed by atoms with Gasteiger partial charge < -0.3 is 15.0 Å². The average Bonchev–Trinajstić information content (AvgIpc) is 2.64. The van der Waals surface area contributed by atoms with E-state index in [4.69, 9.17) is 9.73 Å². The maximum atomic E-state index is 12.5. The van der Waals surface area contributed by atoms with Gasteiger partial charge in [0.2, 0.25) is 0 Å². The van der Waals surface area contributed by atoms with Crippen LogP contribution in [0.2, 0.25) is 0 Å². The van der Waals surface area contributed by atoms with Gasteiger partial charge in [0, 0.05) is 25.2 Å². The first kappa shape index (κ1) is 20.3. The van der Waals surface area contributed by atoms with Crippen LogP contribution in [0.15, 0.2) is 35.3 Å². The topological polar surface area (TPSA) is 53.9 Å². The Hall–Kier alpha value is -2.04. The van der Waals surface area contributed by atoms with Crippen molar-refractivity contribution in [1.29, 1.82) is 0 Å².